The van der Waals surface area contributed by atoms with E-state index >= 15 is 0 Å². The van der Waals surface area contributed by atoms with E-state index in [0.29, 0.717) is 5.95 Å². The van der Waals surface area contributed by atoms with Crippen LogP contribution in [0, 0.1) is 0 Å². The Morgan fingerprint density at radius 1 is 0.818 bits per heavy atom. The average Bonchev–Trinajstić information content (AvgIpc) is 2.96. The lowest BCUT2D eigenvalue weighted by atomic mass is 10.1. The van der Waals surface area contributed by atoms with Crippen molar-refractivity contribution in [2.24, 2.45) is 0 Å². The molecule has 22 heavy (non-hydrogen) atoms. The number of benzene rings is 2. The summed E-state index contributed by atoms with van der Waals surface area (Å²) < 4.78 is 2.07. The molecule has 4 aromatic rings. The summed E-state index contributed by atoms with van der Waals surface area (Å²) in [6.07, 6.45) is 3.51. The highest BCUT2D eigenvalue weighted by Crippen LogP contribution is 2.30. The Hall–Kier alpha value is -2.65. The minimum atomic E-state index is 0.661. The zero-order valence-electron chi connectivity index (χ0n) is 11.6. The van der Waals surface area contributed by atoms with Crippen molar-refractivity contribution >= 4 is 22.5 Å². The van der Waals surface area contributed by atoms with Gasteiger partial charge in [0.2, 0.25) is 5.95 Å². The Bertz CT molecular complexity index is 928. The summed E-state index contributed by atoms with van der Waals surface area (Å²) in [5, 5.41) is 1.88. The third-order valence-corrected chi connectivity index (χ3v) is 3.85. The number of hydrogen-bond acceptors (Lipinski definition) is 2. The van der Waals surface area contributed by atoms with Gasteiger partial charge in [0.05, 0.1) is 11.2 Å². The van der Waals surface area contributed by atoms with Crippen LogP contribution in [0.4, 0.5) is 0 Å². The van der Waals surface area contributed by atoms with Crippen LogP contribution in [0.2, 0.25) is 5.02 Å². The summed E-state index contributed by atoms with van der Waals surface area (Å²) in [4.78, 5) is 8.80. The number of rotatable bonds is 2. The van der Waals surface area contributed by atoms with Crippen LogP contribution >= 0.6 is 11.6 Å². The first-order chi connectivity index (χ1) is 10.8. The summed E-state index contributed by atoms with van der Waals surface area (Å²) in [5.74, 6) is 0.661. The maximum Gasteiger partial charge on any atom is 0.234 e. The van der Waals surface area contributed by atoms with Crippen LogP contribution in [0.15, 0.2) is 73.1 Å². The highest BCUT2D eigenvalue weighted by atomic mass is 35.5. The van der Waals surface area contributed by atoms with Crippen LogP contribution in [0.5, 0.6) is 0 Å². The predicted octanol–water partition coefficient (Wildman–Crippen LogP) is 4.74. The van der Waals surface area contributed by atoms with Gasteiger partial charge in [-0.1, -0.05) is 41.9 Å². The van der Waals surface area contributed by atoms with Crippen molar-refractivity contribution in [3.8, 4) is 17.2 Å². The van der Waals surface area contributed by atoms with E-state index in [1.54, 1.807) is 12.4 Å². The van der Waals surface area contributed by atoms with E-state index in [1.165, 1.54) is 0 Å². The molecule has 4 heteroatoms. The third-order valence-electron chi connectivity index (χ3n) is 3.60. The normalized spacial score (nSPS) is 11.0. The molecule has 0 amide bonds. The molecule has 0 fully saturated rings. The summed E-state index contributed by atoms with van der Waals surface area (Å²) in [6, 6.07) is 20.0. The van der Waals surface area contributed by atoms with Crippen LogP contribution in [0.25, 0.3) is 28.1 Å². The zero-order valence-corrected chi connectivity index (χ0v) is 12.4. The summed E-state index contributed by atoms with van der Waals surface area (Å²) in [6.45, 7) is 0. The first kappa shape index (κ1) is 13.0. The second kappa shape index (κ2) is 5.28. The van der Waals surface area contributed by atoms with Crippen LogP contribution in [0.3, 0.4) is 0 Å². The predicted molar refractivity (Wildman–Crippen MR) is 89.3 cm³/mol. The Kier molecular flexibility index (Phi) is 3.13. The molecule has 0 aliphatic carbocycles. The number of fused-ring (bicyclic) bond motifs is 1. The molecule has 0 radical (unpaired) electrons. The van der Waals surface area contributed by atoms with Gasteiger partial charge in [0.25, 0.3) is 0 Å². The highest BCUT2D eigenvalue weighted by molar-refractivity contribution is 6.30. The molecule has 4 rings (SSSR count). The minimum Gasteiger partial charge on any atom is -0.278 e. The Labute approximate surface area is 132 Å². The molecule has 0 aliphatic heterocycles. The summed E-state index contributed by atoms with van der Waals surface area (Å²) in [7, 11) is 0. The van der Waals surface area contributed by atoms with E-state index in [-0.39, 0.29) is 0 Å². The third kappa shape index (κ3) is 2.16. The number of para-hydroxylation sites is 1. The van der Waals surface area contributed by atoms with Crippen molar-refractivity contribution < 1.29 is 0 Å². The molecule has 0 aliphatic rings. The molecule has 106 valence electrons. The molecule has 0 N–H and O–H groups in total. The molecule has 2 heterocycles. The number of hydrogen-bond donors (Lipinski definition) is 0. The van der Waals surface area contributed by atoms with E-state index in [9.17, 15) is 0 Å². The maximum atomic E-state index is 6.00. The van der Waals surface area contributed by atoms with E-state index < -0.39 is 0 Å². The van der Waals surface area contributed by atoms with Crippen LogP contribution in [-0.4, -0.2) is 14.5 Å². The molecular formula is C18H12ClN3. The largest absolute Gasteiger partial charge is 0.278 e. The fourth-order valence-corrected chi connectivity index (χ4v) is 2.74. The van der Waals surface area contributed by atoms with Crippen molar-refractivity contribution in [3.05, 3.63) is 78.1 Å². The zero-order chi connectivity index (χ0) is 14.9. The van der Waals surface area contributed by atoms with Gasteiger partial charge in [-0.3, -0.25) is 4.57 Å². The van der Waals surface area contributed by atoms with Gasteiger partial charge < -0.3 is 0 Å². The van der Waals surface area contributed by atoms with E-state index in [2.05, 4.69) is 32.7 Å². The lowest BCUT2D eigenvalue weighted by Gasteiger charge is -2.09. The van der Waals surface area contributed by atoms with Crippen LogP contribution in [0.1, 0.15) is 0 Å². The number of nitrogens with zero attached hydrogens (tertiary/aromatic N) is 3. The van der Waals surface area contributed by atoms with E-state index in [0.717, 1.165) is 27.2 Å². The second-order valence-corrected chi connectivity index (χ2v) is 5.42. The lowest BCUT2D eigenvalue weighted by Crippen LogP contribution is -2.01. The SMILES string of the molecule is Clc1ccc(-c2cc3ccccc3n2-c2ncccn2)cc1. The highest BCUT2D eigenvalue weighted by Gasteiger charge is 2.13. The van der Waals surface area contributed by atoms with Gasteiger partial charge in [-0.2, -0.15) is 0 Å². The maximum absolute atomic E-state index is 6.00. The first-order valence-corrected chi connectivity index (χ1v) is 7.34. The standard InChI is InChI=1S/C18H12ClN3/c19-15-8-6-13(7-9-15)17-12-14-4-1-2-5-16(14)22(17)18-20-10-3-11-21-18/h1-12H. The lowest BCUT2D eigenvalue weighted by molar-refractivity contribution is 0.968. The molecule has 0 bridgehead atoms. The molecule has 2 aromatic heterocycles. The molecule has 0 spiro atoms. The molecular weight excluding hydrogens is 294 g/mol. The Balaban J connectivity index is 2.04. The van der Waals surface area contributed by atoms with Crippen molar-refractivity contribution in [1.82, 2.24) is 14.5 Å². The first-order valence-electron chi connectivity index (χ1n) is 6.97. The monoisotopic (exact) mass is 305 g/mol. The Morgan fingerprint density at radius 3 is 2.32 bits per heavy atom. The van der Waals surface area contributed by atoms with Crippen LogP contribution in [-0.2, 0) is 0 Å². The van der Waals surface area contributed by atoms with Gasteiger partial charge in [0.1, 0.15) is 0 Å². The summed E-state index contributed by atoms with van der Waals surface area (Å²) >= 11 is 6.00. The molecule has 0 saturated carbocycles. The number of halogens is 1. The second-order valence-electron chi connectivity index (χ2n) is 4.98. The fourth-order valence-electron chi connectivity index (χ4n) is 2.61. The van der Waals surface area contributed by atoms with Crippen LogP contribution < -0.4 is 0 Å². The van der Waals surface area contributed by atoms with Gasteiger partial charge in [0, 0.05) is 22.8 Å². The van der Waals surface area contributed by atoms with Crippen molar-refractivity contribution in [3.63, 3.8) is 0 Å². The molecule has 0 unspecified atom stereocenters. The molecule has 0 atom stereocenters. The quantitative estimate of drug-likeness (QED) is 0.535. The molecule has 2 aromatic carbocycles. The van der Waals surface area contributed by atoms with E-state index in [1.807, 2.05) is 42.5 Å². The average molecular weight is 306 g/mol. The number of aromatic nitrogens is 3. The fraction of sp³-hybridized carbons (Fsp3) is 0. The van der Waals surface area contributed by atoms with Gasteiger partial charge in [-0.05, 0) is 35.9 Å². The van der Waals surface area contributed by atoms with E-state index in [4.69, 9.17) is 11.6 Å². The van der Waals surface area contributed by atoms with Gasteiger partial charge in [-0.25, -0.2) is 9.97 Å². The van der Waals surface area contributed by atoms with Gasteiger partial charge in [0.15, 0.2) is 0 Å². The van der Waals surface area contributed by atoms with Crippen molar-refractivity contribution in [2.45, 2.75) is 0 Å². The van der Waals surface area contributed by atoms with Crippen molar-refractivity contribution in [2.75, 3.05) is 0 Å². The minimum absolute atomic E-state index is 0.661. The van der Waals surface area contributed by atoms with Crippen molar-refractivity contribution in [1.29, 1.82) is 0 Å². The Morgan fingerprint density at radius 2 is 1.55 bits per heavy atom. The smallest absolute Gasteiger partial charge is 0.234 e. The molecule has 3 nitrogen and oxygen atoms in total. The van der Waals surface area contributed by atoms with Gasteiger partial charge >= 0.3 is 0 Å². The molecule has 0 saturated heterocycles. The van der Waals surface area contributed by atoms with Gasteiger partial charge in [-0.15, -0.1) is 0 Å². The summed E-state index contributed by atoms with van der Waals surface area (Å²) in [5.41, 5.74) is 3.20. The topological polar surface area (TPSA) is 30.7 Å².